The van der Waals surface area contributed by atoms with E-state index in [-0.39, 0.29) is 28.7 Å². The number of benzene rings is 2. The van der Waals surface area contributed by atoms with Gasteiger partial charge in [-0.1, -0.05) is 41.0 Å². The van der Waals surface area contributed by atoms with Crippen molar-refractivity contribution in [3.05, 3.63) is 65.0 Å². The van der Waals surface area contributed by atoms with Crippen molar-refractivity contribution in [3.8, 4) is 11.4 Å². The molecule has 1 aliphatic rings. The van der Waals surface area contributed by atoms with Crippen LogP contribution in [-0.4, -0.2) is 28.8 Å². The highest BCUT2D eigenvalue weighted by Crippen LogP contribution is 2.31. The fraction of sp³-hybridized carbons (Fsp3) is 0.0625. The van der Waals surface area contributed by atoms with E-state index < -0.39 is 15.9 Å². The zero-order valence-electron chi connectivity index (χ0n) is 12.6. The molecule has 1 aromatic heterocycles. The second kappa shape index (κ2) is 5.68. The average molecular weight is 376 g/mol. The molecule has 0 spiro atoms. The van der Waals surface area contributed by atoms with E-state index in [1.54, 1.807) is 36.4 Å². The van der Waals surface area contributed by atoms with Crippen LogP contribution in [0.4, 0.5) is 0 Å². The third kappa shape index (κ3) is 2.50. The van der Waals surface area contributed by atoms with Gasteiger partial charge in [0.1, 0.15) is 11.4 Å². The lowest BCUT2D eigenvalue weighted by molar-refractivity contribution is 0.0855. The van der Waals surface area contributed by atoms with Gasteiger partial charge in [-0.05, 0) is 24.3 Å². The number of rotatable bonds is 3. The SMILES string of the molecule is O=C1c2ccccc2S(=O)(=O)N1Cc1nc(-c2ccccc2Cl)no1. The minimum atomic E-state index is -3.93. The molecule has 2 heterocycles. The molecule has 7 nitrogen and oxygen atoms in total. The molecule has 0 atom stereocenters. The van der Waals surface area contributed by atoms with Crippen LogP contribution in [0.3, 0.4) is 0 Å². The minimum Gasteiger partial charge on any atom is -0.337 e. The molecule has 0 saturated carbocycles. The zero-order valence-corrected chi connectivity index (χ0v) is 14.2. The highest BCUT2D eigenvalue weighted by Gasteiger charge is 2.41. The molecule has 0 fully saturated rings. The number of amides is 1. The molecule has 4 rings (SSSR count). The highest BCUT2D eigenvalue weighted by atomic mass is 35.5. The molecular weight excluding hydrogens is 366 g/mol. The molecule has 25 heavy (non-hydrogen) atoms. The maximum Gasteiger partial charge on any atom is 0.269 e. The first-order valence-electron chi connectivity index (χ1n) is 7.22. The predicted octanol–water partition coefficient (Wildman–Crippen LogP) is 2.73. The Hall–Kier alpha value is -2.71. The number of hydrogen-bond acceptors (Lipinski definition) is 6. The smallest absolute Gasteiger partial charge is 0.269 e. The minimum absolute atomic E-state index is 0.000323. The standard InChI is InChI=1S/C16H10ClN3O4S/c17-12-7-3-1-5-10(12)15-18-14(24-19-15)9-20-16(21)11-6-2-4-8-13(11)25(20,22)23/h1-8H,9H2. The lowest BCUT2D eigenvalue weighted by atomic mass is 10.2. The van der Waals surface area contributed by atoms with E-state index in [1.807, 2.05) is 0 Å². The van der Waals surface area contributed by atoms with E-state index in [4.69, 9.17) is 16.1 Å². The Kier molecular flexibility index (Phi) is 3.59. The third-order valence-electron chi connectivity index (χ3n) is 3.77. The van der Waals surface area contributed by atoms with E-state index >= 15 is 0 Å². The summed E-state index contributed by atoms with van der Waals surface area (Å²) < 4.78 is 30.9. The van der Waals surface area contributed by atoms with Gasteiger partial charge in [-0.3, -0.25) is 4.79 Å². The number of sulfonamides is 1. The molecular formula is C16H10ClN3O4S. The van der Waals surface area contributed by atoms with E-state index in [1.165, 1.54) is 12.1 Å². The lowest BCUT2D eigenvalue weighted by Crippen LogP contribution is -2.29. The maximum absolute atomic E-state index is 12.5. The van der Waals surface area contributed by atoms with Crippen molar-refractivity contribution in [2.75, 3.05) is 0 Å². The molecule has 0 saturated heterocycles. The van der Waals surface area contributed by atoms with Crippen molar-refractivity contribution in [3.63, 3.8) is 0 Å². The molecule has 1 amide bonds. The summed E-state index contributed by atoms with van der Waals surface area (Å²) in [6.07, 6.45) is 0. The van der Waals surface area contributed by atoms with Crippen LogP contribution in [0.25, 0.3) is 11.4 Å². The first kappa shape index (κ1) is 15.8. The molecule has 9 heteroatoms. The van der Waals surface area contributed by atoms with Crippen LogP contribution in [0.1, 0.15) is 16.2 Å². The van der Waals surface area contributed by atoms with Gasteiger partial charge in [-0.2, -0.15) is 4.98 Å². The molecule has 0 radical (unpaired) electrons. The van der Waals surface area contributed by atoms with Crippen molar-refractivity contribution in [2.24, 2.45) is 0 Å². The Labute approximate surface area is 147 Å². The summed E-state index contributed by atoms with van der Waals surface area (Å²) in [5, 5.41) is 4.25. The Bertz CT molecular complexity index is 1090. The monoisotopic (exact) mass is 375 g/mol. The van der Waals surface area contributed by atoms with Gasteiger partial charge in [0, 0.05) is 5.56 Å². The first-order chi connectivity index (χ1) is 12.0. The van der Waals surface area contributed by atoms with Crippen LogP contribution in [0.15, 0.2) is 57.9 Å². The van der Waals surface area contributed by atoms with Crippen LogP contribution >= 0.6 is 11.6 Å². The molecule has 2 aromatic carbocycles. The molecule has 0 aliphatic carbocycles. The number of aromatic nitrogens is 2. The van der Waals surface area contributed by atoms with Gasteiger partial charge in [-0.15, -0.1) is 0 Å². The number of nitrogens with zero attached hydrogens (tertiary/aromatic N) is 3. The van der Waals surface area contributed by atoms with E-state index in [2.05, 4.69) is 10.1 Å². The largest absolute Gasteiger partial charge is 0.337 e. The number of carbonyl (C=O) groups excluding carboxylic acids is 1. The fourth-order valence-corrected chi connectivity index (χ4v) is 4.32. The van der Waals surface area contributed by atoms with E-state index in [9.17, 15) is 13.2 Å². The summed E-state index contributed by atoms with van der Waals surface area (Å²) in [5.74, 6) is -0.394. The number of halogens is 1. The van der Waals surface area contributed by atoms with Crippen LogP contribution < -0.4 is 0 Å². The average Bonchev–Trinajstić information content (AvgIpc) is 3.14. The van der Waals surface area contributed by atoms with Gasteiger partial charge in [0.2, 0.25) is 11.7 Å². The van der Waals surface area contributed by atoms with Crippen molar-refractivity contribution in [2.45, 2.75) is 11.4 Å². The van der Waals surface area contributed by atoms with E-state index in [0.29, 0.717) is 10.6 Å². The third-order valence-corrected chi connectivity index (χ3v) is 5.89. The van der Waals surface area contributed by atoms with Crippen molar-refractivity contribution in [1.29, 1.82) is 0 Å². The summed E-state index contributed by atoms with van der Waals surface area (Å²) in [6.45, 7) is -0.340. The Morgan fingerprint density at radius 3 is 2.44 bits per heavy atom. The molecule has 0 N–H and O–H groups in total. The van der Waals surface area contributed by atoms with Crippen molar-refractivity contribution < 1.29 is 17.7 Å². The van der Waals surface area contributed by atoms with Crippen LogP contribution in [0.2, 0.25) is 5.02 Å². The molecule has 0 bridgehead atoms. The lowest BCUT2D eigenvalue weighted by Gasteiger charge is -2.11. The quantitative estimate of drug-likeness (QED) is 0.698. The van der Waals surface area contributed by atoms with Crippen LogP contribution in [-0.2, 0) is 16.6 Å². The van der Waals surface area contributed by atoms with E-state index in [0.717, 1.165) is 4.31 Å². The van der Waals surface area contributed by atoms with Gasteiger partial charge >= 0.3 is 0 Å². The number of hydrogen-bond donors (Lipinski definition) is 0. The topological polar surface area (TPSA) is 93.4 Å². The summed E-state index contributed by atoms with van der Waals surface area (Å²) in [4.78, 5) is 16.5. The first-order valence-corrected chi connectivity index (χ1v) is 9.04. The molecule has 3 aromatic rings. The normalized spacial score (nSPS) is 15.4. The molecule has 126 valence electrons. The van der Waals surface area contributed by atoms with Crippen molar-refractivity contribution >= 4 is 27.5 Å². The Morgan fingerprint density at radius 1 is 1.04 bits per heavy atom. The second-order valence-electron chi connectivity index (χ2n) is 5.30. The Balaban J connectivity index is 1.67. The maximum atomic E-state index is 12.5. The predicted molar refractivity (Wildman–Crippen MR) is 88.2 cm³/mol. The van der Waals surface area contributed by atoms with Gasteiger partial charge < -0.3 is 4.52 Å². The summed E-state index contributed by atoms with van der Waals surface area (Å²) in [7, 11) is -3.93. The Morgan fingerprint density at radius 2 is 1.72 bits per heavy atom. The van der Waals surface area contributed by atoms with Crippen molar-refractivity contribution in [1.82, 2.24) is 14.4 Å². The van der Waals surface area contributed by atoms with Gasteiger partial charge in [0.05, 0.1) is 10.6 Å². The number of fused-ring (bicyclic) bond motifs is 1. The zero-order chi connectivity index (χ0) is 17.6. The second-order valence-corrected chi connectivity index (χ2v) is 7.54. The van der Waals surface area contributed by atoms with Crippen LogP contribution in [0, 0.1) is 0 Å². The van der Waals surface area contributed by atoms with Gasteiger partial charge in [0.15, 0.2) is 0 Å². The van der Waals surface area contributed by atoms with Gasteiger partial charge in [0.25, 0.3) is 15.9 Å². The van der Waals surface area contributed by atoms with Gasteiger partial charge in [-0.25, -0.2) is 12.7 Å². The molecule has 0 unspecified atom stereocenters. The number of carbonyl (C=O) groups is 1. The summed E-state index contributed by atoms with van der Waals surface area (Å²) in [6, 6.07) is 13.0. The summed E-state index contributed by atoms with van der Waals surface area (Å²) in [5.41, 5.74) is 0.686. The van der Waals surface area contributed by atoms with Crippen LogP contribution in [0.5, 0.6) is 0 Å². The summed E-state index contributed by atoms with van der Waals surface area (Å²) >= 11 is 6.09. The highest BCUT2D eigenvalue weighted by molar-refractivity contribution is 7.90. The molecule has 1 aliphatic heterocycles. The fourth-order valence-electron chi connectivity index (χ4n) is 2.58.